The second kappa shape index (κ2) is 6.58. The van der Waals surface area contributed by atoms with E-state index in [0.717, 1.165) is 38.3 Å². The lowest BCUT2D eigenvalue weighted by atomic mass is 10.2. The van der Waals surface area contributed by atoms with Crippen molar-refractivity contribution in [2.75, 3.05) is 6.54 Å². The summed E-state index contributed by atoms with van der Waals surface area (Å²) in [7, 11) is 0. The van der Waals surface area contributed by atoms with Crippen LogP contribution in [0.3, 0.4) is 0 Å². The number of hydrogen-bond donors (Lipinski definition) is 2. The Morgan fingerprint density at radius 3 is 3.00 bits per heavy atom. The van der Waals surface area contributed by atoms with E-state index in [1.165, 1.54) is 0 Å². The van der Waals surface area contributed by atoms with Gasteiger partial charge in [0.15, 0.2) is 0 Å². The SMILES string of the molecule is CCC(O)CCNCc1nccn1CC. The lowest BCUT2D eigenvalue weighted by Gasteiger charge is -2.09. The maximum absolute atomic E-state index is 9.36. The van der Waals surface area contributed by atoms with Crippen LogP contribution in [0, 0.1) is 0 Å². The molecule has 1 aromatic heterocycles. The normalized spacial score (nSPS) is 13.0. The largest absolute Gasteiger partial charge is 0.393 e. The molecule has 2 N–H and O–H groups in total. The van der Waals surface area contributed by atoms with Crippen LogP contribution in [-0.4, -0.2) is 27.3 Å². The van der Waals surface area contributed by atoms with Crippen molar-refractivity contribution in [3.63, 3.8) is 0 Å². The summed E-state index contributed by atoms with van der Waals surface area (Å²) in [6, 6.07) is 0. The first-order valence-corrected chi connectivity index (χ1v) is 5.66. The minimum absolute atomic E-state index is 0.177. The molecule has 0 saturated carbocycles. The standard InChI is InChI=1S/C11H21N3O/c1-3-10(15)5-6-12-9-11-13-7-8-14(11)4-2/h7-8,10,12,15H,3-6,9H2,1-2H3. The third-order valence-corrected chi connectivity index (χ3v) is 2.55. The highest BCUT2D eigenvalue weighted by molar-refractivity contribution is 4.91. The molecule has 0 spiro atoms. The van der Waals surface area contributed by atoms with E-state index in [1.807, 2.05) is 19.3 Å². The Hall–Kier alpha value is -0.870. The molecule has 1 atom stereocenters. The van der Waals surface area contributed by atoms with Gasteiger partial charge in [0, 0.05) is 18.9 Å². The molecule has 0 aromatic carbocycles. The Morgan fingerprint density at radius 1 is 1.53 bits per heavy atom. The number of nitrogens with zero attached hydrogens (tertiary/aromatic N) is 2. The molecule has 0 bridgehead atoms. The van der Waals surface area contributed by atoms with Gasteiger partial charge in [-0.1, -0.05) is 6.92 Å². The maximum atomic E-state index is 9.36. The van der Waals surface area contributed by atoms with Crippen molar-refractivity contribution in [3.05, 3.63) is 18.2 Å². The van der Waals surface area contributed by atoms with Crippen LogP contribution in [0.1, 0.15) is 32.5 Å². The van der Waals surface area contributed by atoms with Gasteiger partial charge >= 0.3 is 0 Å². The molecule has 0 saturated heterocycles. The van der Waals surface area contributed by atoms with Crippen LogP contribution in [-0.2, 0) is 13.1 Å². The summed E-state index contributed by atoms with van der Waals surface area (Å²) in [6.07, 6.45) is 5.26. The van der Waals surface area contributed by atoms with Gasteiger partial charge in [0.25, 0.3) is 0 Å². The number of rotatable bonds is 7. The van der Waals surface area contributed by atoms with Crippen molar-refractivity contribution in [2.45, 2.75) is 45.9 Å². The van der Waals surface area contributed by atoms with E-state index in [-0.39, 0.29) is 6.10 Å². The Bertz CT molecular complexity index is 273. The maximum Gasteiger partial charge on any atom is 0.122 e. The number of aliphatic hydroxyl groups excluding tert-OH is 1. The summed E-state index contributed by atoms with van der Waals surface area (Å²) in [5.74, 6) is 1.06. The van der Waals surface area contributed by atoms with Gasteiger partial charge in [0.05, 0.1) is 12.6 Å². The fourth-order valence-corrected chi connectivity index (χ4v) is 1.47. The molecule has 0 radical (unpaired) electrons. The second-order valence-electron chi connectivity index (χ2n) is 3.66. The third-order valence-electron chi connectivity index (χ3n) is 2.55. The fourth-order valence-electron chi connectivity index (χ4n) is 1.47. The van der Waals surface area contributed by atoms with Crippen LogP contribution < -0.4 is 5.32 Å². The van der Waals surface area contributed by atoms with E-state index in [0.29, 0.717) is 0 Å². The topological polar surface area (TPSA) is 50.1 Å². The lowest BCUT2D eigenvalue weighted by Crippen LogP contribution is -2.21. The summed E-state index contributed by atoms with van der Waals surface area (Å²) in [4.78, 5) is 4.26. The summed E-state index contributed by atoms with van der Waals surface area (Å²) in [6.45, 7) is 6.66. The van der Waals surface area contributed by atoms with Gasteiger partial charge < -0.3 is 15.0 Å². The van der Waals surface area contributed by atoms with E-state index in [9.17, 15) is 5.11 Å². The minimum Gasteiger partial charge on any atom is -0.393 e. The fraction of sp³-hybridized carbons (Fsp3) is 0.727. The Morgan fingerprint density at radius 2 is 2.33 bits per heavy atom. The van der Waals surface area contributed by atoms with Crippen LogP contribution in [0.15, 0.2) is 12.4 Å². The van der Waals surface area contributed by atoms with E-state index in [4.69, 9.17) is 0 Å². The van der Waals surface area contributed by atoms with Gasteiger partial charge in [-0.25, -0.2) is 4.98 Å². The second-order valence-corrected chi connectivity index (χ2v) is 3.66. The zero-order valence-corrected chi connectivity index (χ0v) is 9.61. The van der Waals surface area contributed by atoms with Crippen molar-refractivity contribution in [1.29, 1.82) is 0 Å². The summed E-state index contributed by atoms with van der Waals surface area (Å²) >= 11 is 0. The van der Waals surface area contributed by atoms with Crippen molar-refractivity contribution in [2.24, 2.45) is 0 Å². The first-order valence-electron chi connectivity index (χ1n) is 5.66. The Balaban J connectivity index is 2.20. The molecular formula is C11H21N3O. The molecule has 0 aliphatic heterocycles. The lowest BCUT2D eigenvalue weighted by molar-refractivity contribution is 0.159. The van der Waals surface area contributed by atoms with Crippen LogP contribution in [0.25, 0.3) is 0 Å². The highest BCUT2D eigenvalue weighted by atomic mass is 16.3. The first kappa shape index (κ1) is 12.2. The predicted molar refractivity (Wildman–Crippen MR) is 60.5 cm³/mol. The number of nitrogens with one attached hydrogen (secondary N) is 1. The molecular weight excluding hydrogens is 190 g/mol. The molecule has 1 aromatic rings. The van der Waals surface area contributed by atoms with Gasteiger partial charge in [-0.15, -0.1) is 0 Å². The van der Waals surface area contributed by atoms with Gasteiger partial charge in [-0.2, -0.15) is 0 Å². The number of aromatic nitrogens is 2. The number of imidazole rings is 1. The molecule has 0 aliphatic rings. The highest BCUT2D eigenvalue weighted by Crippen LogP contribution is 1.98. The van der Waals surface area contributed by atoms with Crippen LogP contribution in [0.4, 0.5) is 0 Å². The van der Waals surface area contributed by atoms with Crippen molar-refractivity contribution in [3.8, 4) is 0 Å². The Labute approximate surface area is 91.3 Å². The number of aliphatic hydroxyl groups is 1. The van der Waals surface area contributed by atoms with Crippen LogP contribution in [0.2, 0.25) is 0 Å². The quantitative estimate of drug-likeness (QED) is 0.665. The molecule has 1 unspecified atom stereocenters. The molecule has 4 nitrogen and oxygen atoms in total. The summed E-state index contributed by atoms with van der Waals surface area (Å²) in [5.41, 5.74) is 0. The summed E-state index contributed by atoms with van der Waals surface area (Å²) < 4.78 is 2.11. The smallest absolute Gasteiger partial charge is 0.122 e. The van der Waals surface area contributed by atoms with Gasteiger partial charge in [0.1, 0.15) is 5.82 Å². The monoisotopic (exact) mass is 211 g/mol. The molecule has 1 rings (SSSR count). The molecule has 4 heteroatoms. The van der Waals surface area contributed by atoms with Crippen LogP contribution in [0.5, 0.6) is 0 Å². The van der Waals surface area contributed by atoms with E-state index in [2.05, 4.69) is 21.8 Å². The number of aryl methyl sites for hydroxylation is 1. The predicted octanol–water partition coefficient (Wildman–Crippen LogP) is 1.15. The third kappa shape index (κ3) is 4.01. The van der Waals surface area contributed by atoms with E-state index in [1.54, 1.807) is 0 Å². The first-order chi connectivity index (χ1) is 7.27. The zero-order valence-electron chi connectivity index (χ0n) is 9.61. The number of hydrogen-bond acceptors (Lipinski definition) is 3. The molecule has 86 valence electrons. The van der Waals surface area contributed by atoms with Crippen molar-refractivity contribution in [1.82, 2.24) is 14.9 Å². The molecule has 0 amide bonds. The van der Waals surface area contributed by atoms with Gasteiger partial charge in [-0.3, -0.25) is 0 Å². The summed E-state index contributed by atoms with van der Waals surface area (Å²) in [5, 5.41) is 12.6. The van der Waals surface area contributed by atoms with Gasteiger partial charge in [-0.05, 0) is 26.3 Å². The van der Waals surface area contributed by atoms with E-state index >= 15 is 0 Å². The van der Waals surface area contributed by atoms with Crippen molar-refractivity contribution < 1.29 is 5.11 Å². The molecule has 0 fully saturated rings. The van der Waals surface area contributed by atoms with Gasteiger partial charge in [0.2, 0.25) is 0 Å². The average molecular weight is 211 g/mol. The highest BCUT2D eigenvalue weighted by Gasteiger charge is 2.02. The van der Waals surface area contributed by atoms with E-state index < -0.39 is 0 Å². The Kier molecular flexibility index (Phi) is 5.36. The zero-order chi connectivity index (χ0) is 11.1. The average Bonchev–Trinajstić information content (AvgIpc) is 2.71. The molecule has 1 heterocycles. The molecule has 0 aliphatic carbocycles. The minimum atomic E-state index is -0.177. The van der Waals surface area contributed by atoms with Crippen LogP contribution >= 0.6 is 0 Å². The van der Waals surface area contributed by atoms with Crippen molar-refractivity contribution >= 4 is 0 Å². The molecule has 15 heavy (non-hydrogen) atoms.